The monoisotopic (exact) mass is 332 g/mol. The van der Waals surface area contributed by atoms with Gasteiger partial charge in [-0.2, -0.15) is 0 Å². The Hall–Kier alpha value is -2.44. The maximum atomic E-state index is 12.0. The fraction of sp³-hybridized carbons (Fsp3) is 0.333. The normalized spacial score (nSPS) is 13.3. The van der Waals surface area contributed by atoms with Crippen molar-refractivity contribution in [1.29, 1.82) is 0 Å². The minimum atomic E-state index is -0.718. The fourth-order valence-electron chi connectivity index (χ4n) is 2.07. The van der Waals surface area contributed by atoms with Crippen LogP contribution in [0, 0.1) is 0 Å². The van der Waals surface area contributed by atoms with E-state index in [1.54, 1.807) is 43.3 Å². The zero-order valence-corrected chi connectivity index (χ0v) is 13.6. The van der Waals surface area contributed by atoms with Crippen LogP contribution >= 0.6 is 0 Å². The van der Waals surface area contributed by atoms with Crippen LogP contribution in [0.4, 0.5) is 0 Å². The van der Waals surface area contributed by atoms with Gasteiger partial charge in [0.1, 0.15) is 12.7 Å². The van der Waals surface area contributed by atoms with Crippen molar-refractivity contribution in [3.63, 3.8) is 0 Å². The summed E-state index contributed by atoms with van der Waals surface area (Å²) in [6.45, 7) is 2.83. The predicted octanol–water partition coefficient (Wildman–Crippen LogP) is 1.92. The zero-order chi connectivity index (χ0) is 17.7. The second kappa shape index (κ2) is 7.90. The molecular weight excluding hydrogens is 312 g/mol. The standard InChI is InChI=1S/C18H20O6/c1-11(20)10-23-17(21)15-5-3-14-8-16(6-4-13(14)7-15)18(22)24-12(2)9-19/h3-8,11-12,19-20H,9-10H2,1-2H3. The van der Waals surface area contributed by atoms with E-state index in [0.717, 1.165) is 10.8 Å². The highest BCUT2D eigenvalue weighted by Crippen LogP contribution is 2.19. The summed E-state index contributed by atoms with van der Waals surface area (Å²) < 4.78 is 10.0. The third kappa shape index (κ3) is 4.53. The molecule has 0 heterocycles. The van der Waals surface area contributed by atoms with E-state index in [0.29, 0.717) is 11.1 Å². The van der Waals surface area contributed by atoms with E-state index in [4.69, 9.17) is 19.7 Å². The summed E-state index contributed by atoms with van der Waals surface area (Å²) in [5.41, 5.74) is 0.736. The van der Waals surface area contributed by atoms with Crippen LogP contribution in [0.1, 0.15) is 34.6 Å². The van der Waals surface area contributed by atoms with E-state index in [2.05, 4.69) is 0 Å². The molecule has 24 heavy (non-hydrogen) atoms. The van der Waals surface area contributed by atoms with Crippen molar-refractivity contribution < 1.29 is 29.3 Å². The predicted molar refractivity (Wildman–Crippen MR) is 87.9 cm³/mol. The van der Waals surface area contributed by atoms with Gasteiger partial charge in [-0.3, -0.25) is 0 Å². The van der Waals surface area contributed by atoms with E-state index in [9.17, 15) is 9.59 Å². The van der Waals surface area contributed by atoms with E-state index >= 15 is 0 Å². The molecule has 0 amide bonds. The Morgan fingerprint density at radius 2 is 1.54 bits per heavy atom. The Balaban J connectivity index is 2.19. The number of aliphatic hydroxyl groups excluding tert-OH is 2. The summed E-state index contributed by atoms with van der Waals surface area (Å²) in [5, 5.41) is 19.6. The number of carbonyl (C=O) groups is 2. The fourth-order valence-corrected chi connectivity index (χ4v) is 2.07. The molecule has 0 aromatic heterocycles. The highest BCUT2D eigenvalue weighted by Gasteiger charge is 2.13. The van der Waals surface area contributed by atoms with E-state index in [1.165, 1.54) is 6.92 Å². The van der Waals surface area contributed by atoms with Gasteiger partial charge < -0.3 is 19.7 Å². The number of carbonyl (C=O) groups excluding carboxylic acids is 2. The van der Waals surface area contributed by atoms with Crippen molar-refractivity contribution in [1.82, 2.24) is 0 Å². The second-order valence-corrected chi connectivity index (χ2v) is 5.62. The topological polar surface area (TPSA) is 93.1 Å². The van der Waals surface area contributed by atoms with Crippen LogP contribution in [-0.4, -0.2) is 47.6 Å². The molecule has 0 radical (unpaired) electrons. The Morgan fingerprint density at radius 3 is 2.04 bits per heavy atom. The number of hydrogen-bond acceptors (Lipinski definition) is 6. The molecule has 0 fully saturated rings. The molecule has 0 spiro atoms. The van der Waals surface area contributed by atoms with Crippen molar-refractivity contribution in [2.24, 2.45) is 0 Å². The lowest BCUT2D eigenvalue weighted by molar-refractivity contribution is 0.0196. The molecule has 2 unspecified atom stereocenters. The highest BCUT2D eigenvalue weighted by molar-refractivity contribution is 5.99. The SMILES string of the molecule is CC(O)COC(=O)c1ccc2cc(C(=O)OC(C)CO)ccc2c1. The minimum Gasteiger partial charge on any atom is -0.459 e. The van der Waals surface area contributed by atoms with Crippen molar-refractivity contribution in [3.8, 4) is 0 Å². The van der Waals surface area contributed by atoms with E-state index in [-0.39, 0.29) is 13.2 Å². The summed E-state index contributed by atoms with van der Waals surface area (Å²) in [6.07, 6.45) is -1.29. The lowest BCUT2D eigenvalue weighted by Gasteiger charge is -2.11. The van der Waals surface area contributed by atoms with E-state index in [1.807, 2.05) is 0 Å². The van der Waals surface area contributed by atoms with Gasteiger partial charge in [-0.25, -0.2) is 9.59 Å². The van der Waals surface area contributed by atoms with Crippen LogP contribution in [0.25, 0.3) is 10.8 Å². The first-order valence-electron chi connectivity index (χ1n) is 7.61. The van der Waals surface area contributed by atoms with Crippen LogP contribution in [0.2, 0.25) is 0 Å². The van der Waals surface area contributed by atoms with Gasteiger partial charge in [0, 0.05) is 0 Å². The summed E-state index contributed by atoms with van der Waals surface area (Å²) in [4.78, 5) is 23.8. The lowest BCUT2D eigenvalue weighted by atomic mass is 10.0. The molecule has 2 atom stereocenters. The Labute approximate surface area is 139 Å². The average Bonchev–Trinajstić information content (AvgIpc) is 2.58. The number of benzene rings is 2. The van der Waals surface area contributed by atoms with Gasteiger partial charge in [0.15, 0.2) is 0 Å². The van der Waals surface area contributed by atoms with Crippen molar-refractivity contribution >= 4 is 22.7 Å². The Kier molecular flexibility index (Phi) is 5.89. The van der Waals surface area contributed by atoms with Gasteiger partial charge in [-0.1, -0.05) is 12.1 Å². The third-order valence-electron chi connectivity index (χ3n) is 3.33. The van der Waals surface area contributed by atoms with Crippen molar-refractivity contribution in [2.45, 2.75) is 26.1 Å². The molecule has 2 aromatic rings. The molecule has 0 aliphatic rings. The van der Waals surface area contributed by atoms with Gasteiger partial charge in [0.05, 0.1) is 23.8 Å². The van der Waals surface area contributed by atoms with Crippen LogP contribution in [0.3, 0.4) is 0 Å². The van der Waals surface area contributed by atoms with Gasteiger partial charge >= 0.3 is 11.9 Å². The minimum absolute atomic E-state index is 0.0648. The molecule has 0 bridgehead atoms. The third-order valence-corrected chi connectivity index (χ3v) is 3.33. The number of ether oxygens (including phenoxy) is 2. The molecule has 0 aliphatic heterocycles. The maximum absolute atomic E-state index is 12.0. The molecule has 6 heteroatoms. The Bertz CT molecular complexity index is 737. The molecule has 128 valence electrons. The quantitative estimate of drug-likeness (QED) is 0.785. The van der Waals surface area contributed by atoms with Crippen molar-refractivity contribution in [2.75, 3.05) is 13.2 Å². The second-order valence-electron chi connectivity index (χ2n) is 5.62. The van der Waals surface area contributed by atoms with Gasteiger partial charge in [0.2, 0.25) is 0 Å². The number of esters is 2. The van der Waals surface area contributed by atoms with Crippen LogP contribution in [0.5, 0.6) is 0 Å². The largest absolute Gasteiger partial charge is 0.459 e. The number of aliphatic hydroxyl groups is 2. The molecule has 2 aromatic carbocycles. The van der Waals surface area contributed by atoms with Gasteiger partial charge in [0.25, 0.3) is 0 Å². The first-order valence-corrected chi connectivity index (χ1v) is 7.61. The lowest BCUT2D eigenvalue weighted by Crippen LogP contribution is -2.18. The summed E-state index contributed by atoms with van der Waals surface area (Å²) >= 11 is 0. The number of hydrogen-bond donors (Lipinski definition) is 2. The molecule has 6 nitrogen and oxygen atoms in total. The molecule has 0 saturated carbocycles. The van der Waals surface area contributed by atoms with Crippen LogP contribution in [-0.2, 0) is 9.47 Å². The average molecular weight is 332 g/mol. The number of rotatable bonds is 6. The molecule has 0 aliphatic carbocycles. The van der Waals surface area contributed by atoms with E-state index < -0.39 is 24.1 Å². The summed E-state index contributed by atoms with van der Waals surface area (Å²) in [6, 6.07) is 9.93. The number of fused-ring (bicyclic) bond motifs is 1. The van der Waals surface area contributed by atoms with Crippen molar-refractivity contribution in [3.05, 3.63) is 47.5 Å². The Morgan fingerprint density at radius 1 is 1.00 bits per heavy atom. The van der Waals surface area contributed by atoms with Crippen LogP contribution in [0.15, 0.2) is 36.4 Å². The highest BCUT2D eigenvalue weighted by atomic mass is 16.6. The maximum Gasteiger partial charge on any atom is 0.338 e. The van der Waals surface area contributed by atoms with Gasteiger partial charge in [-0.05, 0) is 48.9 Å². The molecule has 0 saturated heterocycles. The van der Waals surface area contributed by atoms with Gasteiger partial charge in [-0.15, -0.1) is 0 Å². The smallest absolute Gasteiger partial charge is 0.338 e. The molecule has 2 N–H and O–H groups in total. The zero-order valence-electron chi connectivity index (χ0n) is 13.6. The molecular formula is C18H20O6. The summed E-state index contributed by atoms with van der Waals surface area (Å²) in [5.74, 6) is -1.03. The first-order chi connectivity index (χ1) is 11.4. The van der Waals surface area contributed by atoms with Crippen LogP contribution < -0.4 is 0 Å². The first kappa shape index (κ1) is 17.9. The summed E-state index contributed by atoms with van der Waals surface area (Å²) in [7, 11) is 0. The molecule has 2 rings (SSSR count).